The molecule has 1 heterocycles. The van der Waals surface area contributed by atoms with Crippen LogP contribution in [0.4, 0.5) is 0 Å². The van der Waals surface area contributed by atoms with Gasteiger partial charge in [-0.3, -0.25) is 4.79 Å². The molecule has 0 saturated carbocycles. The van der Waals surface area contributed by atoms with Gasteiger partial charge < -0.3 is 15.6 Å². The first-order chi connectivity index (χ1) is 9.69. The van der Waals surface area contributed by atoms with Crippen LogP contribution in [0.25, 0.3) is 0 Å². The summed E-state index contributed by atoms with van der Waals surface area (Å²) in [7, 11) is 0. The molecule has 1 unspecified atom stereocenters. The Labute approximate surface area is 129 Å². The van der Waals surface area contributed by atoms with Gasteiger partial charge >= 0.3 is 0 Å². The molecule has 1 aromatic carbocycles. The second-order valence-corrected chi connectivity index (χ2v) is 4.54. The van der Waals surface area contributed by atoms with E-state index in [0.717, 1.165) is 5.56 Å². The molecule has 0 saturated heterocycles. The van der Waals surface area contributed by atoms with Crippen LogP contribution in [0.2, 0.25) is 0 Å². The summed E-state index contributed by atoms with van der Waals surface area (Å²) in [4.78, 5) is 15.7. The Morgan fingerprint density at radius 1 is 1.38 bits per heavy atom. The molecule has 2 rings (SSSR count). The number of nitrogens with one attached hydrogen (secondary N) is 1. The van der Waals surface area contributed by atoms with E-state index in [9.17, 15) is 4.79 Å². The Hall–Kier alpha value is -1.92. The van der Waals surface area contributed by atoms with Gasteiger partial charge in [-0.2, -0.15) is 4.98 Å². The van der Waals surface area contributed by atoms with Crippen LogP contribution in [0.5, 0.6) is 0 Å². The van der Waals surface area contributed by atoms with E-state index in [-0.39, 0.29) is 24.4 Å². The van der Waals surface area contributed by atoms with Gasteiger partial charge in [0.2, 0.25) is 11.8 Å². The molecule has 0 aliphatic rings. The van der Waals surface area contributed by atoms with Gasteiger partial charge in [0.1, 0.15) is 0 Å². The maximum Gasteiger partial charge on any atom is 0.231 e. The van der Waals surface area contributed by atoms with Crippen LogP contribution in [0.15, 0.2) is 34.9 Å². The predicted octanol–water partition coefficient (Wildman–Crippen LogP) is 1.61. The van der Waals surface area contributed by atoms with Crippen LogP contribution in [0, 0.1) is 0 Å². The summed E-state index contributed by atoms with van der Waals surface area (Å²) in [6, 6.07) is 9.58. The van der Waals surface area contributed by atoms with E-state index in [1.54, 1.807) is 0 Å². The van der Waals surface area contributed by atoms with Crippen LogP contribution in [0.3, 0.4) is 0 Å². The number of hydrogen-bond acceptors (Lipinski definition) is 5. The maximum absolute atomic E-state index is 11.4. The predicted molar refractivity (Wildman–Crippen MR) is 81.0 cm³/mol. The molecule has 6 nitrogen and oxygen atoms in total. The number of amides is 1. The standard InChI is InChI=1S/C14H18N4O2.ClH/c1-10(16-12(19)7-8-15)14-17-13(20-18-14)9-11-5-3-2-4-6-11;/h2-6,10H,7-9,15H2,1H3,(H,16,19);1H. The highest BCUT2D eigenvalue weighted by Crippen LogP contribution is 2.11. The summed E-state index contributed by atoms with van der Waals surface area (Å²) in [6.07, 6.45) is 0.871. The molecule has 3 N–H and O–H groups in total. The lowest BCUT2D eigenvalue weighted by atomic mass is 10.1. The molecular formula is C14H19ClN4O2. The van der Waals surface area contributed by atoms with Gasteiger partial charge in [0.15, 0.2) is 5.82 Å². The van der Waals surface area contributed by atoms with Crippen molar-refractivity contribution < 1.29 is 9.32 Å². The van der Waals surface area contributed by atoms with E-state index in [1.165, 1.54) is 0 Å². The number of rotatable bonds is 6. The zero-order valence-electron chi connectivity index (χ0n) is 11.8. The number of carbonyl (C=O) groups is 1. The minimum absolute atomic E-state index is 0. The molecule has 0 radical (unpaired) electrons. The van der Waals surface area contributed by atoms with E-state index >= 15 is 0 Å². The smallest absolute Gasteiger partial charge is 0.231 e. The normalized spacial score (nSPS) is 11.5. The second-order valence-electron chi connectivity index (χ2n) is 4.54. The van der Waals surface area contributed by atoms with Gasteiger partial charge in [0.25, 0.3) is 0 Å². The molecule has 1 aromatic heterocycles. The zero-order valence-corrected chi connectivity index (χ0v) is 12.6. The zero-order chi connectivity index (χ0) is 14.4. The van der Waals surface area contributed by atoms with Crippen molar-refractivity contribution in [3.8, 4) is 0 Å². The Kier molecular flexibility index (Phi) is 6.84. The van der Waals surface area contributed by atoms with Crippen LogP contribution in [0.1, 0.15) is 36.7 Å². The number of carbonyl (C=O) groups excluding carboxylic acids is 1. The Morgan fingerprint density at radius 2 is 2.10 bits per heavy atom. The third kappa shape index (κ3) is 5.17. The number of halogens is 1. The van der Waals surface area contributed by atoms with Crippen LogP contribution >= 0.6 is 12.4 Å². The monoisotopic (exact) mass is 310 g/mol. The van der Waals surface area contributed by atoms with Gasteiger partial charge in [0.05, 0.1) is 12.5 Å². The third-order valence-electron chi connectivity index (χ3n) is 2.82. The molecule has 0 fully saturated rings. The first kappa shape index (κ1) is 17.1. The summed E-state index contributed by atoms with van der Waals surface area (Å²) >= 11 is 0. The van der Waals surface area contributed by atoms with E-state index in [0.29, 0.717) is 31.1 Å². The second kappa shape index (κ2) is 8.39. The molecule has 2 aromatic rings. The Bertz CT molecular complexity index is 559. The number of aromatic nitrogens is 2. The number of nitrogens with zero attached hydrogens (tertiary/aromatic N) is 2. The van der Waals surface area contributed by atoms with E-state index < -0.39 is 0 Å². The lowest BCUT2D eigenvalue weighted by molar-refractivity contribution is -0.121. The van der Waals surface area contributed by atoms with Crippen molar-refractivity contribution in [2.75, 3.05) is 6.54 Å². The molecule has 114 valence electrons. The lowest BCUT2D eigenvalue weighted by Crippen LogP contribution is -2.28. The maximum atomic E-state index is 11.4. The number of benzene rings is 1. The molecule has 0 aliphatic carbocycles. The van der Waals surface area contributed by atoms with Crippen LogP contribution < -0.4 is 11.1 Å². The van der Waals surface area contributed by atoms with Crippen molar-refractivity contribution in [2.45, 2.75) is 25.8 Å². The average Bonchev–Trinajstić information content (AvgIpc) is 2.89. The SMILES string of the molecule is CC(NC(=O)CCN)c1noc(Cc2ccccc2)n1.Cl. The van der Waals surface area contributed by atoms with Gasteiger partial charge in [-0.1, -0.05) is 35.5 Å². The molecule has 1 atom stereocenters. The van der Waals surface area contributed by atoms with Crippen LogP contribution in [-0.2, 0) is 11.2 Å². The molecule has 0 spiro atoms. The van der Waals surface area contributed by atoms with Gasteiger partial charge in [-0.25, -0.2) is 0 Å². The largest absolute Gasteiger partial charge is 0.346 e. The fourth-order valence-electron chi connectivity index (χ4n) is 1.80. The van der Waals surface area contributed by atoms with Crippen molar-refractivity contribution in [1.82, 2.24) is 15.5 Å². The summed E-state index contributed by atoms with van der Waals surface area (Å²) in [6.45, 7) is 2.13. The first-order valence-electron chi connectivity index (χ1n) is 6.55. The van der Waals surface area contributed by atoms with Crippen molar-refractivity contribution in [2.24, 2.45) is 5.73 Å². The van der Waals surface area contributed by atoms with Crippen LogP contribution in [-0.4, -0.2) is 22.6 Å². The first-order valence-corrected chi connectivity index (χ1v) is 6.55. The van der Waals surface area contributed by atoms with E-state index in [1.807, 2.05) is 37.3 Å². The topological polar surface area (TPSA) is 94.0 Å². The summed E-state index contributed by atoms with van der Waals surface area (Å²) in [5.41, 5.74) is 6.42. The number of hydrogen-bond donors (Lipinski definition) is 2. The highest BCUT2D eigenvalue weighted by molar-refractivity contribution is 5.85. The van der Waals surface area contributed by atoms with E-state index in [4.69, 9.17) is 10.3 Å². The molecular weight excluding hydrogens is 292 g/mol. The minimum Gasteiger partial charge on any atom is -0.346 e. The highest BCUT2D eigenvalue weighted by atomic mass is 35.5. The molecule has 21 heavy (non-hydrogen) atoms. The summed E-state index contributed by atoms with van der Waals surface area (Å²) in [5, 5.41) is 6.66. The summed E-state index contributed by atoms with van der Waals surface area (Å²) in [5.74, 6) is 0.891. The fraction of sp³-hybridized carbons (Fsp3) is 0.357. The van der Waals surface area contributed by atoms with Crippen molar-refractivity contribution in [1.29, 1.82) is 0 Å². The van der Waals surface area contributed by atoms with Gasteiger partial charge in [0, 0.05) is 13.0 Å². The quantitative estimate of drug-likeness (QED) is 0.845. The van der Waals surface area contributed by atoms with Crippen molar-refractivity contribution >= 4 is 18.3 Å². The van der Waals surface area contributed by atoms with Gasteiger partial charge in [-0.05, 0) is 12.5 Å². The minimum atomic E-state index is -0.290. The van der Waals surface area contributed by atoms with E-state index in [2.05, 4.69) is 15.5 Å². The molecule has 0 bridgehead atoms. The number of nitrogens with two attached hydrogens (primary N) is 1. The average molecular weight is 311 g/mol. The molecule has 7 heteroatoms. The van der Waals surface area contributed by atoms with Gasteiger partial charge in [-0.15, -0.1) is 12.4 Å². The van der Waals surface area contributed by atoms with Crippen molar-refractivity contribution in [3.05, 3.63) is 47.6 Å². The Morgan fingerprint density at radius 3 is 2.76 bits per heavy atom. The van der Waals surface area contributed by atoms with Crippen molar-refractivity contribution in [3.63, 3.8) is 0 Å². The lowest BCUT2D eigenvalue weighted by Gasteiger charge is -2.08. The molecule has 0 aliphatic heterocycles. The Balaban J connectivity index is 0.00000220. The highest BCUT2D eigenvalue weighted by Gasteiger charge is 2.15. The third-order valence-corrected chi connectivity index (χ3v) is 2.82. The molecule has 1 amide bonds. The fourth-order valence-corrected chi connectivity index (χ4v) is 1.80. The summed E-state index contributed by atoms with van der Waals surface area (Å²) < 4.78 is 5.19.